The zero-order valence-electron chi connectivity index (χ0n) is 22.5. The number of nitrogens with two attached hydrogens (primary N) is 1. The van der Waals surface area contributed by atoms with E-state index in [0.29, 0.717) is 30.4 Å². The number of aromatic amines is 1. The minimum Gasteiger partial charge on any atom is -0.344 e. The number of rotatable bonds is 9. The average Bonchev–Trinajstić information content (AvgIpc) is 3.53. The number of H-pyrrole nitrogens is 1. The van der Waals surface area contributed by atoms with Crippen molar-refractivity contribution in [3.05, 3.63) is 78.1 Å². The molecule has 5 rings (SSSR count). The molecule has 2 amide bonds. The monoisotopic (exact) mass is 538 g/mol. The molecule has 40 heavy (non-hydrogen) atoms. The Bertz CT molecular complexity index is 1430. The number of nitrogens with zero attached hydrogens (tertiary/aromatic N) is 4. The molecule has 5 N–H and O–H groups in total. The number of aryl methyl sites for hydroxylation is 1. The lowest BCUT2D eigenvalue weighted by Crippen LogP contribution is -2.48. The largest absolute Gasteiger partial charge is 0.344 e. The van der Waals surface area contributed by atoms with Crippen LogP contribution in [0.5, 0.6) is 0 Å². The number of nitrogens with one attached hydrogen (secondary N) is 3. The predicted octanol–water partition coefficient (Wildman–Crippen LogP) is 3.67. The van der Waals surface area contributed by atoms with E-state index < -0.39 is 6.04 Å². The highest BCUT2D eigenvalue weighted by Crippen LogP contribution is 2.29. The number of amides is 2. The Morgan fingerprint density at radius 3 is 2.55 bits per heavy atom. The summed E-state index contributed by atoms with van der Waals surface area (Å²) in [4.78, 5) is 31.1. The summed E-state index contributed by atoms with van der Waals surface area (Å²) in [5.74, 6) is 0.471. The van der Waals surface area contributed by atoms with E-state index in [9.17, 15) is 9.59 Å². The van der Waals surface area contributed by atoms with E-state index in [4.69, 9.17) is 5.73 Å². The lowest BCUT2D eigenvalue weighted by atomic mass is 9.81. The smallest absolute Gasteiger partial charge is 0.247 e. The van der Waals surface area contributed by atoms with Crippen molar-refractivity contribution in [1.82, 2.24) is 30.9 Å². The summed E-state index contributed by atoms with van der Waals surface area (Å²) in [6.45, 7) is 2.67. The van der Waals surface area contributed by atoms with E-state index in [2.05, 4.69) is 42.3 Å². The van der Waals surface area contributed by atoms with Crippen LogP contribution in [0, 0.1) is 18.8 Å². The SMILES string of the molecule is Cc1cnccc1-c1cccc(CC(NC(=O)C2CCC(CN)CC2)C(=O)Nc2ccc(-c3nn[nH]n3)cc2)c1. The summed E-state index contributed by atoms with van der Waals surface area (Å²) < 4.78 is 0. The molecule has 1 aliphatic rings. The highest BCUT2D eigenvalue weighted by Gasteiger charge is 2.29. The maximum absolute atomic E-state index is 13.6. The molecular weight excluding hydrogens is 504 g/mol. The molecule has 206 valence electrons. The fraction of sp³-hybridized carbons (Fsp3) is 0.333. The summed E-state index contributed by atoms with van der Waals surface area (Å²) in [6.07, 6.45) is 7.41. The molecule has 0 radical (unpaired) electrons. The normalized spacial score (nSPS) is 17.6. The van der Waals surface area contributed by atoms with Gasteiger partial charge in [-0.05, 0) is 103 Å². The van der Waals surface area contributed by atoms with E-state index in [1.54, 1.807) is 18.3 Å². The molecule has 2 heterocycles. The van der Waals surface area contributed by atoms with Crippen LogP contribution in [-0.4, -0.2) is 50.0 Å². The predicted molar refractivity (Wildman–Crippen MR) is 153 cm³/mol. The van der Waals surface area contributed by atoms with Gasteiger partial charge in [0.25, 0.3) is 0 Å². The van der Waals surface area contributed by atoms with Gasteiger partial charge in [0.1, 0.15) is 6.04 Å². The molecule has 2 aromatic carbocycles. The van der Waals surface area contributed by atoms with Gasteiger partial charge in [0.2, 0.25) is 17.6 Å². The van der Waals surface area contributed by atoms with Crippen molar-refractivity contribution in [3.8, 4) is 22.5 Å². The topological polar surface area (TPSA) is 152 Å². The third-order valence-electron chi connectivity index (χ3n) is 7.64. The molecule has 1 fully saturated rings. The van der Waals surface area contributed by atoms with Crippen LogP contribution in [0.15, 0.2) is 67.0 Å². The van der Waals surface area contributed by atoms with Gasteiger partial charge >= 0.3 is 0 Å². The molecule has 0 aliphatic heterocycles. The molecule has 0 saturated heterocycles. The van der Waals surface area contributed by atoms with Gasteiger partial charge < -0.3 is 16.4 Å². The molecule has 10 nitrogen and oxygen atoms in total. The van der Waals surface area contributed by atoms with Crippen molar-refractivity contribution in [2.45, 2.75) is 45.1 Å². The maximum Gasteiger partial charge on any atom is 0.247 e. The third-order valence-corrected chi connectivity index (χ3v) is 7.64. The maximum atomic E-state index is 13.6. The van der Waals surface area contributed by atoms with E-state index >= 15 is 0 Å². The fourth-order valence-electron chi connectivity index (χ4n) is 5.27. The first-order valence-electron chi connectivity index (χ1n) is 13.6. The molecular formula is C30H34N8O2. The lowest BCUT2D eigenvalue weighted by molar-refractivity contribution is -0.130. The van der Waals surface area contributed by atoms with E-state index in [1.165, 1.54) is 0 Å². The molecule has 2 aromatic heterocycles. The van der Waals surface area contributed by atoms with Crippen LogP contribution in [0.2, 0.25) is 0 Å². The minimum absolute atomic E-state index is 0.0794. The van der Waals surface area contributed by atoms with Gasteiger partial charge in [-0.3, -0.25) is 14.6 Å². The molecule has 4 aromatic rings. The van der Waals surface area contributed by atoms with Crippen LogP contribution in [0.3, 0.4) is 0 Å². The summed E-state index contributed by atoms with van der Waals surface area (Å²) >= 11 is 0. The number of benzene rings is 2. The second kappa shape index (κ2) is 12.6. The van der Waals surface area contributed by atoms with Crippen LogP contribution in [0.1, 0.15) is 36.8 Å². The van der Waals surface area contributed by atoms with Crippen molar-refractivity contribution in [1.29, 1.82) is 0 Å². The average molecular weight is 539 g/mol. The number of hydrogen-bond acceptors (Lipinski definition) is 7. The summed E-state index contributed by atoms with van der Waals surface area (Å²) in [7, 11) is 0. The van der Waals surface area contributed by atoms with Crippen molar-refractivity contribution in [2.24, 2.45) is 17.6 Å². The van der Waals surface area contributed by atoms with Crippen molar-refractivity contribution in [3.63, 3.8) is 0 Å². The highest BCUT2D eigenvalue weighted by molar-refractivity contribution is 5.97. The summed E-state index contributed by atoms with van der Waals surface area (Å²) in [5, 5.41) is 20.0. The highest BCUT2D eigenvalue weighted by atomic mass is 16.2. The van der Waals surface area contributed by atoms with Gasteiger partial charge in [0, 0.05) is 36.0 Å². The molecule has 0 spiro atoms. The van der Waals surface area contributed by atoms with Gasteiger partial charge in [0.05, 0.1) is 0 Å². The van der Waals surface area contributed by atoms with Crippen LogP contribution in [0.25, 0.3) is 22.5 Å². The lowest BCUT2D eigenvalue weighted by Gasteiger charge is -2.28. The van der Waals surface area contributed by atoms with Crippen LogP contribution >= 0.6 is 0 Å². The van der Waals surface area contributed by atoms with Gasteiger partial charge in [-0.2, -0.15) is 5.21 Å². The molecule has 1 saturated carbocycles. The van der Waals surface area contributed by atoms with Gasteiger partial charge in [0.15, 0.2) is 0 Å². The third kappa shape index (κ3) is 6.58. The summed E-state index contributed by atoms with van der Waals surface area (Å²) in [5.41, 5.74) is 11.4. The Hall–Kier alpha value is -4.44. The first kappa shape index (κ1) is 27.1. The van der Waals surface area contributed by atoms with Crippen LogP contribution < -0.4 is 16.4 Å². The number of carbonyl (C=O) groups is 2. The Kier molecular flexibility index (Phi) is 8.56. The van der Waals surface area contributed by atoms with E-state index in [1.807, 2.05) is 49.5 Å². The Balaban J connectivity index is 1.34. The van der Waals surface area contributed by atoms with Crippen molar-refractivity contribution >= 4 is 17.5 Å². The minimum atomic E-state index is -0.745. The Morgan fingerprint density at radius 1 is 1.05 bits per heavy atom. The van der Waals surface area contributed by atoms with Gasteiger partial charge in [-0.25, -0.2) is 0 Å². The number of aromatic nitrogens is 5. The molecule has 1 unspecified atom stereocenters. The molecule has 1 atom stereocenters. The van der Waals surface area contributed by atoms with Gasteiger partial charge in [-0.15, -0.1) is 10.2 Å². The number of tetrazole rings is 1. The van der Waals surface area contributed by atoms with Crippen LogP contribution in [-0.2, 0) is 16.0 Å². The number of hydrogen-bond donors (Lipinski definition) is 4. The standard InChI is InChI=1S/C30H34N8O2/c1-19-18-32-14-13-26(19)24-4-2-3-21(15-24)16-27(34-29(39)23-7-5-20(17-31)6-8-23)30(40)33-25-11-9-22(10-12-25)28-35-37-38-36-28/h2-4,9-15,18,20,23,27H,5-8,16-17,31H2,1H3,(H,33,40)(H,34,39)(H,35,36,37,38). The first-order valence-corrected chi connectivity index (χ1v) is 13.6. The fourth-order valence-corrected chi connectivity index (χ4v) is 5.27. The molecule has 1 aliphatic carbocycles. The van der Waals surface area contributed by atoms with Crippen molar-refractivity contribution in [2.75, 3.05) is 11.9 Å². The zero-order valence-corrected chi connectivity index (χ0v) is 22.5. The van der Waals surface area contributed by atoms with E-state index in [0.717, 1.165) is 53.5 Å². The quantitative estimate of drug-likeness (QED) is 0.254. The molecule has 10 heteroatoms. The summed E-state index contributed by atoms with van der Waals surface area (Å²) in [6, 6.07) is 16.5. The van der Waals surface area contributed by atoms with Gasteiger partial charge in [-0.1, -0.05) is 24.3 Å². The Morgan fingerprint density at radius 2 is 1.85 bits per heavy atom. The van der Waals surface area contributed by atoms with E-state index in [-0.39, 0.29) is 17.7 Å². The second-order valence-electron chi connectivity index (χ2n) is 10.4. The number of pyridine rings is 1. The zero-order chi connectivity index (χ0) is 27.9. The molecule has 0 bridgehead atoms. The first-order chi connectivity index (χ1) is 19.5. The Labute approximate surface area is 233 Å². The number of carbonyl (C=O) groups excluding carboxylic acids is 2. The number of anilines is 1. The van der Waals surface area contributed by atoms with Crippen molar-refractivity contribution < 1.29 is 9.59 Å². The van der Waals surface area contributed by atoms with Crippen LogP contribution in [0.4, 0.5) is 5.69 Å². The second-order valence-corrected chi connectivity index (χ2v) is 10.4.